The fraction of sp³-hybridized carbons (Fsp3) is 0.632. The minimum absolute atomic E-state index is 0. The van der Waals surface area contributed by atoms with Crippen molar-refractivity contribution in [3.63, 3.8) is 0 Å². The number of likely N-dealkylation sites (tertiary alicyclic amines) is 1. The predicted molar refractivity (Wildman–Crippen MR) is 116 cm³/mol. The van der Waals surface area contributed by atoms with Crippen molar-refractivity contribution in [3.05, 3.63) is 29.8 Å². The van der Waals surface area contributed by atoms with Gasteiger partial charge in [-0.05, 0) is 50.0 Å². The zero-order chi connectivity index (χ0) is 17.3. The number of hydrogen-bond donors (Lipinski definition) is 1. The van der Waals surface area contributed by atoms with Crippen LogP contribution in [0.15, 0.2) is 29.3 Å². The van der Waals surface area contributed by atoms with Crippen LogP contribution in [0.2, 0.25) is 0 Å². The molecular formula is C19H31IN4O2. The molecule has 2 N–H and O–H groups in total. The molecule has 0 saturated carbocycles. The fourth-order valence-corrected chi connectivity index (χ4v) is 3.24. The van der Waals surface area contributed by atoms with E-state index in [4.69, 9.17) is 15.2 Å². The quantitative estimate of drug-likeness (QED) is 0.372. The maximum absolute atomic E-state index is 6.04. The van der Waals surface area contributed by atoms with E-state index in [0.717, 1.165) is 51.6 Å². The van der Waals surface area contributed by atoms with Crippen LogP contribution in [0.1, 0.15) is 18.4 Å². The summed E-state index contributed by atoms with van der Waals surface area (Å²) >= 11 is 0. The molecular weight excluding hydrogens is 443 g/mol. The van der Waals surface area contributed by atoms with Crippen molar-refractivity contribution in [2.24, 2.45) is 10.7 Å². The molecule has 2 aliphatic rings. The van der Waals surface area contributed by atoms with Gasteiger partial charge in [0.1, 0.15) is 12.4 Å². The van der Waals surface area contributed by atoms with E-state index in [9.17, 15) is 0 Å². The SMILES string of the molecule is I.NC(=NCCc1ccc(OCCN2CCCC2)cc1)N1CCOCC1. The third-order valence-corrected chi connectivity index (χ3v) is 4.81. The first kappa shape index (κ1) is 21.2. The predicted octanol–water partition coefficient (Wildman–Crippen LogP) is 1.97. The molecule has 0 aliphatic carbocycles. The number of guanidine groups is 1. The Morgan fingerprint density at radius 2 is 1.77 bits per heavy atom. The first-order valence-electron chi connectivity index (χ1n) is 9.38. The largest absolute Gasteiger partial charge is 0.492 e. The fourth-order valence-electron chi connectivity index (χ4n) is 3.24. The maximum Gasteiger partial charge on any atom is 0.191 e. The second kappa shape index (κ2) is 11.6. The minimum atomic E-state index is 0. The summed E-state index contributed by atoms with van der Waals surface area (Å²) in [6.45, 7) is 8.06. The summed E-state index contributed by atoms with van der Waals surface area (Å²) in [4.78, 5) is 9.03. The minimum Gasteiger partial charge on any atom is -0.492 e. The summed E-state index contributed by atoms with van der Waals surface area (Å²) in [5, 5.41) is 0. The van der Waals surface area contributed by atoms with Gasteiger partial charge in [-0.1, -0.05) is 12.1 Å². The molecule has 0 unspecified atom stereocenters. The van der Waals surface area contributed by atoms with Crippen LogP contribution >= 0.6 is 24.0 Å². The zero-order valence-corrected chi connectivity index (χ0v) is 17.8. The van der Waals surface area contributed by atoms with Crippen LogP contribution in [-0.2, 0) is 11.2 Å². The molecule has 0 aromatic heterocycles. The number of halogens is 1. The highest BCUT2D eigenvalue weighted by atomic mass is 127. The molecule has 0 atom stereocenters. The van der Waals surface area contributed by atoms with Crippen molar-refractivity contribution in [1.29, 1.82) is 0 Å². The Kier molecular flexibility index (Phi) is 9.49. The summed E-state index contributed by atoms with van der Waals surface area (Å²) in [6, 6.07) is 8.33. The van der Waals surface area contributed by atoms with Gasteiger partial charge >= 0.3 is 0 Å². The molecule has 0 bridgehead atoms. The number of nitrogens with two attached hydrogens (primary N) is 1. The monoisotopic (exact) mass is 474 g/mol. The smallest absolute Gasteiger partial charge is 0.191 e. The average molecular weight is 474 g/mol. The Morgan fingerprint density at radius 3 is 2.46 bits per heavy atom. The van der Waals surface area contributed by atoms with Crippen LogP contribution in [0.4, 0.5) is 0 Å². The highest BCUT2D eigenvalue weighted by Crippen LogP contribution is 2.13. The van der Waals surface area contributed by atoms with Gasteiger partial charge < -0.3 is 20.1 Å². The molecule has 6 nitrogen and oxygen atoms in total. The van der Waals surface area contributed by atoms with Gasteiger partial charge in [0.05, 0.1) is 13.2 Å². The Labute approximate surface area is 173 Å². The Hall–Kier alpha value is -1.06. The number of ether oxygens (including phenoxy) is 2. The molecule has 0 spiro atoms. The van der Waals surface area contributed by atoms with Crippen LogP contribution in [0.25, 0.3) is 0 Å². The number of morpholine rings is 1. The number of rotatable bonds is 7. The van der Waals surface area contributed by atoms with Gasteiger partial charge in [-0.25, -0.2) is 0 Å². The van der Waals surface area contributed by atoms with Crippen LogP contribution in [0, 0.1) is 0 Å². The van der Waals surface area contributed by atoms with Crippen molar-refractivity contribution < 1.29 is 9.47 Å². The summed E-state index contributed by atoms with van der Waals surface area (Å²) in [5.74, 6) is 1.57. The second-order valence-electron chi connectivity index (χ2n) is 6.63. The third-order valence-electron chi connectivity index (χ3n) is 4.81. The lowest BCUT2D eigenvalue weighted by Crippen LogP contribution is -2.44. The Balaban J connectivity index is 0.00000243. The van der Waals surface area contributed by atoms with E-state index in [1.165, 1.54) is 31.5 Å². The molecule has 146 valence electrons. The first-order valence-corrected chi connectivity index (χ1v) is 9.38. The van der Waals surface area contributed by atoms with E-state index < -0.39 is 0 Å². The van der Waals surface area contributed by atoms with Crippen LogP contribution < -0.4 is 10.5 Å². The van der Waals surface area contributed by atoms with Gasteiger partial charge in [0.2, 0.25) is 0 Å². The van der Waals surface area contributed by atoms with E-state index in [1.54, 1.807) is 0 Å². The summed E-state index contributed by atoms with van der Waals surface area (Å²) in [5.41, 5.74) is 7.29. The van der Waals surface area contributed by atoms with Crippen LogP contribution in [0.5, 0.6) is 5.75 Å². The molecule has 2 aliphatic heterocycles. The molecule has 2 heterocycles. The average Bonchev–Trinajstić information content (AvgIpc) is 3.17. The highest BCUT2D eigenvalue weighted by molar-refractivity contribution is 14.0. The van der Waals surface area contributed by atoms with Gasteiger partial charge in [0.15, 0.2) is 5.96 Å². The molecule has 3 rings (SSSR count). The lowest BCUT2D eigenvalue weighted by atomic mass is 10.1. The van der Waals surface area contributed by atoms with E-state index >= 15 is 0 Å². The second-order valence-corrected chi connectivity index (χ2v) is 6.63. The number of nitrogens with zero attached hydrogens (tertiary/aromatic N) is 3. The first-order chi connectivity index (χ1) is 12.3. The highest BCUT2D eigenvalue weighted by Gasteiger charge is 2.12. The van der Waals surface area contributed by atoms with Crippen LogP contribution in [0.3, 0.4) is 0 Å². The molecule has 2 fully saturated rings. The van der Waals surface area contributed by atoms with Gasteiger partial charge in [0.25, 0.3) is 0 Å². The molecule has 26 heavy (non-hydrogen) atoms. The normalized spacial score (nSPS) is 18.6. The molecule has 0 radical (unpaired) electrons. The Bertz CT molecular complexity index is 541. The lowest BCUT2D eigenvalue weighted by Gasteiger charge is -2.27. The van der Waals surface area contributed by atoms with E-state index in [-0.39, 0.29) is 24.0 Å². The summed E-state index contributed by atoms with van der Waals surface area (Å²) in [6.07, 6.45) is 3.54. The molecule has 1 aromatic rings. The van der Waals surface area contributed by atoms with Crippen molar-refractivity contribution in [3.8, 4) is 5.75 Å². The molecule has 7 heteroatoms. The number of aliphatic imine (C=N–C) groups is 1. The van der Waals surface area contributed by atoms with E-state index in [0.29, 0.717) is 12.5 Å². The van der Waals surface area contributed by atoms with Gasteiger partial charge in [-0.2, -0.15) is 0 Å². The Morgan fingerprint density at radius 1 is 1.08 bits per heavy atom. The topological polar surface area (TPSA) is 63.3 Å². The summed E-state index contributed by atoms with van der Waals surface area (Å²) < 4.78 is 11.2. The van der Waals surface area contributed by atoms with E-state index in [1.807, 2.05) is 12.1 Å². The van der Waals surface area contributed by atoms with Crippen molar-refractivity contribution in [2.75, 3.05) is 59.1 Å². The van der Waals surface area contributed by atoms with Crippen molar-refractivity contribution in [2.45, 2.75) is 19.3 Å². The number of hydrogen-bond acceptors (Lipinski definition) is 4. The van der Waals surface area contributed by atoms with Gasteiger partial charge in [-0.15, -0.1) is 24.0 Å². The maximum atomic E-state index is 6.04. The standard InChI is InChI=1S/C19H30N4O2.HI/c20-19(23-12-14-24-15-13-23)21-8-7-17-3-5-18(6-4-17)25-16-11-22-9-1-2-10-22;/h3-6H,1-2,7-16H2,(H2,20,21);1H. The van der Waals surface area contributed by atoms with Gasteiger partial charge in [-0.3, -0.25) is 9.89 Å². The van der Waals surface area contributed by atoms with Gasteiger partial charge in [0, 0.05) is 26.2 Å². The number of benzene rings is 1. The molecule has 0 amide bonds. The van der Waals surface area contributed by atoms with Crippen molar-refractivity contribution in [1.82, 2.24) is 9.80 Å². The zero-order valence-electron chi connectivity index (χ0n) is 15.4. The third kappa shape index (κ3) is 6.92. The van der Waals surface area contributed by atoms with E-state index in [2.05, 4.69) is 26.9 Å². The molecule has 1 aromatic carbocycles. The summed E-state index contributed by atoms with van der Waals surface area (Å²) in [7, 11) is 0. The lowest BCUT2D eigenvalue weighted by molar-refractivity contribution is 0.0674. The van der Waals surface area contributed by atoms with Crippen LogP contribution in [-0.4, -0.2) is 74.8 Å². The molecule has 2 saturated heterocycles. The van der Waals surface area contributed by atoms with Crippen molar-refractivity contribution >= 4 is 29.9 Å².